The molecule has 0 amide bonds. The Labute approximate surface area is 129 Å². The van der Waals surface area contributed by atoms with E-state index in [-0.39, 0.29) is 32.0 Å². The molecule has 9 heteroatoms. The smallest absolute Gasteiger partial charge is 0.323 e. The second kappa shape index (κ2) is 9.09. The van der Waals surface area contributed by atoms with Gasteiger partial charge in [-0.3, -0.25) is 4.79 Å². The van der Waals surface area contributed by atoms with Gasteiger partial charge in [0, 0.05) is 6.54 Å². The van der Waals surface area contributed by atoms with Gasteiger partial charge in [0.2, 0.25) is 0 Å². The van der Waals surface area contributed by atoms with E-state index in [2.05, 4.69) is 0 Å². The lowest BCUT2D eigenvalue weighted by Crippen LogP contribution is -2.35. The van der Waals surface area contributed by atoms with Gasteiger partial charge < -0.3 is 13.8 Å². The molecular weight excluding hydrogens is 313 g/mol. The van der Waals surface area contributed by atoms with E-state index in [1.165, 1.54) is 7.11 Å². The summed E-state index contributed by atoms with van der Waals surface area (Å²) in [5.74, 6) is -0.366. The summed E-state index contributed by atoms with van der Waals surface area (Å²) in [5, 5.41) is 17.2. The van der Waals surface area contributed by atoms with Crippen LogP contribution in [0.1, 0.15) is 25.7 Å². The van der Waals surface area contributed by atoms with Crippen molar-refractivity contribution in [1.82, 2.24) is 4.67 Å². The SMILES string of the molecule is COC(=O)[C@@H]1CCCN1P(=S)(OCCC#N)OCCC#N. The van der Waals surface area contributed by atoms with E-state index < -0.39 is 12.7 Å². The van der Waals surface area contributed by atoms with Gasteiger partial charge in [0.1, 0.15) is 6.04 Å². The number of hydrogen-bond donors (Lipinski definition) is 0. The molecule has 0 unspecified atom stereocenters. The Morgan fingerprint density at radius 3 is 2.38 bits per heavy atom. The van der Waals surface area contributed by atoms with Gasteiger partial charge in [-0.2, -0.15) is 10.5 Å². The molecule has 1 rings (SSSR count). The average molecular weight is 331 g/mol. The van der Waals surface area contributed by atoms with E-state index in [1.54, 1.807) is 4.67 Å². The Balaban J connectivity index is 2.83. The molecule has 1 aliphatic heterocycles. The number of nitriles is 2. The van der Waals surface area contributed by atoms with Gasteiger partial charge >= 0.3 is 5.97 Å². The van der Waals surface area contributed by atoms with Crippen LogP contribution in [0.25, 0.3) is 0 Å². The zero-order valence-electron chi connectivity index (χ0n) is 11.9. The number of methoxy groups -OCH3 is 1. The molecule has 1 fully saturated rings. The summed E-state index contributed by atoms with van der Waals surface area (Å²) >= 11 is 5.50. The van der Waals surface area contributed by atoms with Crippen LogP contribution in [0.5, 0.6) is 0 Å². The fraction of sp³-hybridized carbons (Fsp3) is 0.750. The molecule has 1 aliphatic rings. The number of ether oxygens (including phenoxy) is 1. The van der Waals surface area contributed by atoms with Crippen molar-refractivity contribution in [2.24, 2.45) is 0 Å². The number of hydrogen-bond acceptors (Lipinski definition) is 7. The van der Waals surface area contributed by atoms with E-state index >= 15 is 0 Å². The average Bonchev–Trinajstić information content (AvgIpc) is 2.97. The predicted molar refractivity (Wildman–Crippen MR) is 78.4 cm³/mol. The van der Waals surface area contributed by atoms with Gasteiger partial charge in [0.25, 0.3) is 6.64 Å². The van der Waals surface area contributed by atoms with Crippen LogP contribution in [0.15, 0.2) is 0 Å². The minimum atomic E-state index is -2.89. The summed E-state index contributed by atoms with van der Waals surface area (Å²) in [6.45, 7) is -2.02. The number of carbonyl (C=O) groups is 1. The summed E-state index contributed by atoms with van der Waals surface area (Å²) in [4.78, 5) is 11.8. The lowest BCUT2D eigenvalue weighted by atomic mass is 10.2. The fourth-order valence-electron chi connectivity index (χ4n) is 2.02. The van der Waals surface area contributed by atoms with Crippen molar-refractivity contribution < 1.29 is 18.6 Å². The van der Waals surface area contributed by atoms with Gasteiger partial charge in [-0.25, -0.2) is 4.67 Å². The van der Waals surface area contributed by atoms with Crippen LogP contribution in [-0.2, 0) is 30.4 Å². The van der Waals surface area contributed by atoms with E-state index in [1.807, 2.05) is 12.1 Å². The third kappa shape index (κ3) is 5.03. The molecular formula is C12H18N3O4PS. The quantitative estimate of drug-likeness (QED) is 0.377. The summed E-state index contributed by atoms with van der Waals surface area (Å²) in [7, 11) is 1.33. The second-order valence-corrected chi connectivity index (χ2v) is 7.65. The van der Waals surface area contributed by atoms with Crippen molar-refractivity contribution >= 4 is 24.4 Å². The van der Waals surface area contributed by atoms with Crippen molar-refractivity contribution in [3.63, 3.8) is 0 Å². The molecule has 0 saturated carbocycles. The molecule has 1 atom stereocenters. The maximum absolute atomic E-state index is 11.8. The number of rotatable bonds is 8. The molecule has 21 heavy (non-hydrogen) atoms. The van der Waals surface area contributed by atoms with Crippen molar-refractivity contribution in [2.75, 3.05) is 26.9 Å². The Bertz CT molecular complexity index is 464. The van der Waals surface area contributed by atoms with Crippen LogP contribution in [-0.4, -0.2) is 43.5 Å². The highest BCUT2D eigenvalue weighted by Gasteiger charge is 2.41. The normalized spacial score (nSPS) is 18.9. The van der Waals surface area contributed by atoms with E-state index in [0.717, 1.165) is 6.42 Å². The van der Waals surface area contributed by atoms with Gasteiger partial charge in [-0.1, -0.05) is 0 Å². The molecule has 0 aliphatic carbocycles. The molecule has 0 spiro atoms. The number of esters is 1. The highest BCUT2D eigenvalue weighted by atomic mass is 32.5. The number of carbonyl (C=O) groups excluding carboxylic acids is 1. The van der Waals surface area contributed by atoms with Crippen LogP contribution >= 0.6 is 6.64 Å². The second-order valence-electron chi connectivity index (χ2n) is 4.30. The van der Waals surface area contributed by atoms with Gasteiger partial charge in [-0.05, 0) is 24.6 Å². The lowest BCUT2D eigenvalue weighted by Gasteiger charge is -2.33. The minimum absolute atomic E-state index is 0.144. The van der Waals surface area contributed by atoms with Crippen molar-refractivity contribution in [3.8, 4) is 12.1 Å². The van der Waals surface area contributed by atoms with E-state index in [4.69, 9.17) is 36.1 Å². The Kier molecular flexibility index (Phi) is 7.81. The molecule has 0 radical (unpaired) electrons. The van der Waals surface area contributed by atoms with Crippen LogP contribution in [0.2, 0.25) is 0 Å². The molecule has 0 aromatic carbocycles. The summed E-state index contributed by atoms with van der Waals surface area (Å²) < 4.78 is 17.7. The van der Waals surface area contributed by atoms with Crippen LogP contribution in [0.3, 0.4) is 0 Å². The maximum Gasteiger partial charge on any atom is 0.323 e. The van der Waals surface area contributed by atoms with Crippen LogP contribution < -0.4 is 0 Å². The first-order valence-corrected chi connectivity index (χ1v) is 9.16. The topological polar surface area (TPSA) is 95.6 Å². The molecule has 0 aromatic rings. The highest BCUT2D eigenvalue weighted by molar-refractivity contribution is 8.08. The molecule has 116 valence electrons. The number of nitrogens with zero attached hydrogens (tertiary/aromatic N) is 3. The zero-order chi connectivity index (χ0) is 15.7. The predicted octanol–water partition coefficient (Wildman–Crippen LogP) is 1.71. The molecule has 0 bridgehead atoms. The van der Waals surface area contributed by atoms with E-state index in [0.29, 0.717) is 13.0 Å². The van der Waals surface area contributed by atoms with Crippen LogP contribution in [0.4, 0.5) is 0 Å². The largest absolute Gasteiger partial charge is 0.468 e. The first kappa shape index (κ1) is 18.0. The highest BCUT2D eigenvalue weighted by Crippen LogP contribution is 2.56. The summed E-state index contributed by atoms with van der Waals surface area (Å²) in [5.41, 5.74) is 0. The maximum atomic E-state index is 11.8. The third-order valence-electron chi connectivity index (χ3n) is 2.95. The zero-order valence-corrected chi connectivity index (χ0v) is 13.6. The molecule has 1 saturated heterocycles. The first-order valence-electron chi connectivity index (χ1n) is 6.57. The molecule has 0 aromatic heterocycles. The summed E-state index contributed by atoms with van der Waals surface area (Å²) in [6, 6.07) is 3.46. The third-order valence-corrected chi connectivity index (χ3v) is 6.34. The summed E-state index contributed by atoms with van der Waals surface area (Å²) in [6.07, 6.45) is 1.81. The Hall–Kier alpha value is -1.02. The Morgan fingerprint density at radius 1 is 1.33 bits per heavy atom. The van der Waals surface area contributed by atoms with E-state index in [9.17, 15) is 4.79 Å². The van der Waals surface area contributed by atoms with Crippen LogP contribution in [0, 0.1) is 22.7 Å². The van der Waals surface area contributed by atoms with Crippen molar-refractivity contribution in [1.29, 1.82) is 10.5 Å². The molecule has 0 N–H and O–H groups in total. The van der Waals surface area contributed by atoms with Gasteiger partial charge in [0.15, 0.2) is 0 Å². The lowest BCUT2D eigenvalue weighted by molar-refractivity contribution is -0.144. The first-order chi connectivity index (χ1) is 10.1. The minimum Gasteiger partial charge on any atom is -0.468 e. The van der Waals surface area contributed by atoms with Crippen molar-refractivity contribution in [2.45, 2.75) is 31.7 Å². The van der Waals surface area contributed by atoms with Gasteiger partial charge in [-0.15, -0.1) is 0 Å². The monoisotopic (exact) mass is 331 g/mol. The Morgan fingerprint density at radius 2 is 1.90 bits per heavy atom. The van der Waals surface area contributed by atoms with Crippen molar-refractivity contribution in [3.05, 3.63) is 0 Å². The molecule has 1 heterocycles. The van der Waals surface area contributed by atoms with Gasteiger partial charge in [0.05, 0.1) is 45.3 Å². The fourth-order valence-corrected chi connectivity index (χ4v) is 5.01. The molecule has 7 nitrogen and oxygen atoms in total. The standard InChI is InChI=1S/C12H18N3O4PS/c1-17-12(16)11-5-2-8-15(11)20(21,18-9-3-6-13)19-10-4-7-14/h11H,2-5,8-10H2,1H3/t11-/m0/s1.